The van der Waals surface area contributed by atoms with Crippen LogP contribution < -0.4 is 5.32 Å². The van der Waals surface area contributed by atoms with E-state index in [9.17, 15) is 9.50 Å². The fourth-order valence-corrected chi connectivity index (χ4v) is 1.39. The number of thioether (sulfide) groups is 1. The van der Waals surface area contributed by atoms with Crippen LogP contribution in [0.2, 0.25) is 0 Å². The number of phenolic OH excluding ortho intramolecular Hbond substituents is 1. The fraction of sp³-hybridized carbons (Fsp3) is 0.200. The number of nitrogens with one attached hydrogen (secondary N) is 1. The van der Waals surface area contributed by atoms with Crippen LogP contribution >= 0.6 is 11.8 Å². The highest BCUT2D eigenvalue weighted by atomic mass is 32.2. The fourth-order valence-electron chi connectivity index (χ4n) is 1.05. The molecular formula is C10H10FN3OS. The normalized spacial score (nSPS) is 11.0. The number of hydrogen-bond acceptors (Lipinski definition) is 4. The summed E-state index contributed by atoms with van der Waals surface area (Å²) in [4.78, 5) is 4.09. The van der Waals surface area contributed by atoms with Gasteiger partial charge in [0.2, 0.25) is 0 Å². The van der Waals surface area contributed by atoms with Gasteiger partial charge in [-0.3, -0.25) is 5.32 Å². The van der Waals surface area contributed by atoms with Gasteiger partial charge in [-0.15, -0.1) is 0 Å². The van der Waals surface area contributed by atoms with Gasteiger partial charge in [0.1, 0.15) is 0 Å². The van der Waals surface area contributed by atoms with E-state index in [1.54, 1.807) is 19.4 Å². The van der Waals surface area contributed by atoms with Crippen molar-refractivity contribution in [2.75, 3.05) is 6.26 Å². The molecule has 0 saturated heterocycles. The number of aryl methyl sites for hydroxylation is 1. The van der Waals surface area contributed by atoms with Crippen LogP contribution in [0.3, 0.4) is 0 Å². The molecule has 4 nitrogen and oxygen atoms in total. The maximum atomic E-state index is 13.0. The maximum absolute atomic E-state index is 13.0. The van der Waals surface area contributed by atoms with E-state index in [1.807, 2.05) is 0 Å². The number of aromatic hydroxyl groups is 1. The molecular weight excluding hydrogens is 229 g/mol. The Labute approximate surface area is 96.8 Å². The summed E-state index contributed by atoms with van der Waals surface area (Å²) in [6.07, 6.45) is 3.50. The van der Waals surface area contributed by atoms with Crippen molar-refractivity contribution in [2.45, 2.75) is 6.92 Å². The smallest absolute Gasteiger partial charge is 0.183 e. The highest BCUT2D eigenvalue weighted by Crippen LogP contribution is 2.27. The lowest BCUT2D eigenvalue weighted by Gasteiger charge is -2.04. The van der Waals surface area contributed by atoms with Gasteiger partial charge in [-0.2, -0.15) is 5.26 Å². The van der Waals surface area contributed by atoms with Crippen molar-refractivity contribution in [1.29, 1.82) is 5.26 Å². The summed E-state index contributed by atoms with van der Waals surface area (Å²) in [7, 11) is 0. The van der Waals surface area contributed by atoms with Crippen LogP contribution in [0.5, 0.6) is 5.75 Å². The van der Waals surface area contributed by atoms with Gasteiger partial charge in [-0.05, 0) is 24.8 Å². The van der Waals surface area contributed by atoms with Gasteiger partial charge in [-0.25, -0.2) is 9.38 Å². The topological polar surface area (TPSA) is 68.4 Å². The van der Waals surface area contributed by atoms with E-state index in [0.717, 1.165) is 0 Å². The number of aliphatic imine (C=N–C) groups is 1. The molecule has 6 heteroatoms. The van der Waals surface area contributed by atoms with Crippen molar-refractivity contribution in [1.82, 2.24) is 5.32 Å². The van der Waals surface area contributed by atoms with Gasteiger partial charge in [0.25, 0.3) is 0 Å². The van der Waals surface area contributed by atoms with E-state index in [0.29, 0.717) is 16.4 Å². The lowest BCUT2D eigenvalue weighted by molar-refractivity contribution is 0.432. The monoisotopic (exact) mass is 239 g/mol. The van der Waals surface area contributed by atoms with Crippen LogP contribution in [0, 0.1) is 24.2 Å². The molecule has 0 heterocycles. The zero-order valence-corrected chi connectivity index (χ0v) is 9.60. The summed E-state index contributed by atoms with van der Waals surface area (Å²) in [6.45, 7) is 1.67. The quantitative estimate of drug-likeness (QED) is 0.341. The SMILES string of the molecule is CSC(=Nc1cc(O)c(F)cc1C)NC#N. The number of hydrogen-bond donors (Lipinski definition) is 2. The maximum Gasteiger partial charge on any atom is 0.183 e. The van der Waals surface area contributed by atoms with Crippen LogP contribution in [-0.4, -0.2) is 16.5 Å². The van der Waals surface area contributed by atoms with Gasteiger partial charge >= 0.3 is 0 Å². The van der Waals surface area contributed by atoms with Crippen molar-refractivity contribution in [3.05, 3.63) is 23.5 Å². The van der Waals surface area contributed by atoms with Gasteiger partial charge in [0.05, 0.1) is 5.69 Å². The second-order valence-corrected chi connectivity index (χ2v) is 3.74. The van der Waals surface area contributed by atoms with Gasteiger partial charge in [0.15, 0.2) is 22.9 Å². The Kier molecular flexibility index (Phi) is 4.14. The minimum atomic E-state index is -0.685. The van der Waals surface area contributed by atoms with Crippen molar-refractivity contribution < 1.29 is 9.50 Å². The van der Waals surface area contributed by atoms with E-state index in [4.69, 9.17) is 5.26 Å². The van der Waals surface area contributed by atoms with Crippen LogP contribution in [0.4, 0.5) is 10.1 Å². The molecule has 0 aliphatic heterocycles. The predicted octanol–water partition coefficient (Wildman–Crippen LogP) is 2.26. The number of halogens is 1. The summed E-state index contributed by atoms with van der Waals surface area (Å²) in [5.74, 6) is -1.14. The molecule has 1 aromatic rings. The Bertz CT molecular complexity index is 468. The minimum Gasteiger partial charge on any atom is -0.505 e. The molecule has 0 radical (unpaired) electrons. The third-order valence-corrected chi connectivity index (χ3v) is 2.42. The standard InChI is InChI=1S/C10H10FN3OS/c1-6-3-7(11)9(15)4-8(6)14-10(16-2)13-5-12/h3-4,15H,1-2H3,(H,13,14). The van der Waals surface area contributed by atoms with Crippen molar-refractivity contribution in [3.8, 4) is 11.9 Å². The largest absolute Gasteiger partial charge is 0.505 e. The van der Waals surface area contributed by atoms with E-state index >= 15 is 0 Å². The van der Waals surface area contributed by atoms with Crippen molar-refractivity contribution in [3.63, 3.8) is 0 Å². The molecule has 0 spiro atoms. The molecule has 84 valence electrons. The van der Waals surface area contributed by atoms with Gasteiger partial charge < -0.3 is 5.11 Å². The summed E-state index contributed by atoms with van der Waals surface area (Å²) in [5, 5.41) is 20.4. The van der Waals surface area contributed by atoms with Crippen LogP contribution in [0.15, 0.2) is 17.1 Å². The van der Waals surface area contributed by atoms with Gasteiger partial charge in [-0.1, -0.05) is 11.8 Å². The molecule has 2 N–H and O–H groups in total. The molecule has 0 saturated carbocycles. The first-order valence-corrected chi connectivity index (χ1v) is 5.58. The Hall–Kier alpha value is -1.74. The predicted molar refractivity (Wildman–Crippen MR) is 62.2 cm³/mol. The zero-order chi connectivity index (χ0) is 12.1. The van der Waals surface area contributed by atoms with E-state index < -0.39 is 11.6 Å². The van der Waals surface area contributed by atoms with E-state index in [-0.39, 0.29) is 0 Å². The molecule has 0 aliphatic rings. The highest BCUT2D eigenvalue weighted by molar-refractivity contribution is 8.13. The third-order valence-electron chi connectivity index (χ3n) is 1.84. The average molecular weight is 239 g/mol. The Morgan fingerprint density at radius 2 is 2.31 bits per heavy atom. The zero-order valence-electron chi connectivity index (χ0n) is 8.78. The first kappa shape index (κ1) is 12.3. The molecule has 0 unspecified atom stereocenters. The summed E-state index contributed by atoms with van der Waals surface area (Å²) in [5.41, 5.74) is 1.01. The number of benzene rings is 1. The van der Waals surface area contributed by atoms with E-state index in [2.05, 4.69) is 10.3 Å². The summed E-state index contributed by atoms with van der Waals surface area (Å²) < 4.78 is 13.0. The number of nitrogens with zero attached hydrogens (tertiary/aromatic N) is 2. The lowest BCUT2D eigenvalue weighted by Crippen LogP contribution is -2.12. The molecule has 0 atom stereocenters. The molecule has 0 aromatic heterocycles. The number of amidine groups is 1. The summed E-state index contributed by atoms with van der Waals surface area (Å²) >= 11 is 1.25. The number of rotatable bonds is 1. The molecule has 1 rings (SSSR count). The molecule has 0 fully saturated rings. The van der Waals surface area contributed by atoms with Crippen molar-refractivity contribution >= 4 is 22.6 Å². The average Bonchev–Trinajstić information content (AvgIpc) is 2.25. The Balaban J connectivity index is 3.14. The van der Waals surface area contributed by atoms with Crippen molar-refractivity contribution in [2.24, 2.45) is 4.99 Å². The number of phenols is 1. The summed E-state index contributed by atoms with van der Waals surface area (Å²) in [6, 6.07) is 2.42. The second-order valence-electron chi connectivity index (χ2n) is 2.95. The molecule has 0 bridgehead atoms. The second kappa shape index (κ2) is 5.37. The van der Waals surface area contributed by atoms with Crippen LogP contribution in [-0.2, 0) is 0 Å². The van der Waals surface area contributed by atoms with Gasteiger partial charge in [0, 0.05) is 6.07 Å². The molecule has 0 amide bonds. The van der Waals surface area contributed by atoms with E-state index in [1.165, 1.54) is 23.9 Å². The third kappa shape index (κ3) is 2.87. The highest BCUT2D eigenvalue weighted by Gasteiger charge is 2.06. The Morgan fingerprint density at radius 3 is 2.88 bits per heavy atom. The first-order valence-electron chi connectivity index (χ1n) is 4.35. The molecule has 0 aliphatic carbocycles. The molecule has 16 heavy (non-hydrogen) atoms. The minimum absolute atomic E-state index is 0.386. The number of nitriles is 1. The lowest BCUT2D eigenvalue weighted by atomic mass is 10.2. The Morgan fingerprint density at radius 1 is 1.62 bits per heavy atom. The first-order chi connectivity index (χ1) is 7.58. The van der Waals surface area contributed by atoms with Crippen LogP contribution in [0.1, 0.15) is 5.56 Å². The molecule has 1 aromatic carbocycles. The van der Waals surface area contributed by atoms with Crippen LogP contribution in [0.25, 0.3) is 0 Å².